The number of rotatable bonds is 3. The van der Waals surface area contributed by atoms with Crippen LogP contribution in [-0.4, -0.2) is 26.0 Å². The first-order valence-corrected chi connectivity index (χ1v) is 7.05. The van der Waals surface area contributed by atoms with Gasteiger partial charge < -0.3 is 5.11 Å². The third kappa shape index (κ3) is 2.57. The molecule has 3 rings (SSSR count). The molecule has 6 heteroatoms. The van der Waals surface area contributed by atoms with Crippen LogP contribution in [0.2, 0.25) is 0 Å². The summed E-state index contributed by atoms with van der Waals surface area (Å²) in [5.41, 5.74) is 1.71. The normalized spacial score (nSPS) is 10.7. The van der Waals surface area contributed by atoms with Crippen LogP contribution in [0.25, 0.3) is 10.9 Å². The molecule has 0 amide bonds. The fourth-order valence-electron chi connectivity index (χ4n) is 2.02. The summed E-state index contributed by atoms with van der Waals surface area (Å²) in [5.74, 6) is -0.985. The standard InChI is InChI=1S/C15H11N3O2S/c1-9-6-7-16-14(12(9)15(19)20)21-13-10-4-2-3-5-11(10)17-8-18-13/h2-8H,1H3,(H,19,20). The molecule has 104 valence electrons. The molecule has 0 aliphatic heterocycles. The predicted octanol–water partition coefficient (Wildman–Crippen LogP) is 3.18. The Hall–Kier alpha value is -2.47. The zero-order valence-electron chi connectivity index (χ0n) is 11.1. The lowest BCUT2D eigenvalue weighted by Crippen LogP contribution is -2.04. The maximum Gasteiger partial charge on any atom is 0.338 e. The van der Waals surface area contributed by atoms with Gasteiger partial charge in [-0.15, -0.1) is 0 Å². The van der Waals surface area contributed by atoms with Crippen molar-refractivity contribution in [3.05, 3.63) is 54.0 Å². The molecule has 0 aliphatic carbocycles. The van der Waals surface area contributed by atoms with Gasteiger partial charge in [-0.3, -0.25) is 0 Å². The zero-order chi connectivity index (χ0) is 14.8. The molecule has 3 aromatic rings. The Morgan fingerprint density at radius 3 is 2.71 bits per heavy atom. The highest BCUT2D eigenvalue weighted by molar-refractivity contribution is 7.99. The van der Waals surface area contributed by atoms with Gasteiger partial charge >= 0.3 is 5.97 Å². The number of hydrogen-bond donors (Lipinski definition) is 1. The number of para-hydroxylation sites is 1. The van der Waals surface area contributed by atoms with Crippen LogP contribution in [0.4, 0.5) is 0 Å². The molecule has 1 N–H and O–H groups in total. The van der Waals surface area contributed by atoms with E-state index in [-0.39, 0.29) is 5.56 Å². The van der Waals surface area contributed by atoms with Gasteiger partial charge in [0.15, 0.2) is 0 Å². The minimum atomic E-state index is -0.985. The van der Waals surface area contributed by atoms with E-state index in [1.54, 1.807) is 19.2 Å². The number of pyridine rings is 1. The minimum absolute atomic E-state index is 0.213. The largest absolute Gasteiger partial charge is 0.478 e. The van der Waals surface area contributed by atoms with Gasteiger partial charge in [0.2, 0.25) is 0 Å². The van der Waals surface area contributed by atoms with Crippen LogP contribution < -0.4 is 0 Å². The highest BCUT2D eigenvalue weighted by Gasteiger charge is 2.17. The van der Waals surface area contributed by atoms with E-state index in [2.05, 4.69) is 15.0 Å². The molecule has 0 atom stereocenters. The molecular weight excluding hydrogens is 286 g/mol. The van der Waals surface area contributed by atoms with Crippen LogP contribution in [0.1, 0.15) is 15.9 Å². The van der Waals surface area contributed by atoms with Gasteiger partial charge in [-0.2, -0.15) is 0 Å². The molecule has 0 saturated carbocycles. The summed E-state index contributed by atoms with van der Waals surface area (Å²) in [6.45, 7) is 1.76. The number of benzene rings is 1. The van der Waals surface area contributed by atoms with E-state index >= 15 is 0 Å². The van der Waals surface area contributed by atoms with Crippen LogP contribution in [0, 0.1) is 6.92 Å². The van der Waals surface area contributed by atoms with Gasteiger partial charge in [0.05, 0.1) is 11.1 Å². The molecule has 1 aromatic carbocycles. The Labute approximate surface area is 125 Å². The lowest BCUT2D eigenvalue weighted by molar-refractivity contribution is 0.0691. The van der Waals surface area contributed by atoms with E-state index in [9.17, 15) is 9.90 Å². The summed E-state index contributed by atoms with van der Waals surface area (Å²) in [6, 6.07) is 9.29. The highest BCUT2D eigenvalue weighted by Crippen LogP contribution is 2.32. The highest BCUT2D eigenvalue weighted by atomic mass is 32.2. The third-order valence-electron chi connectivity index (χ3n) is 3.04. The molecule has 0 aliphatic rings. The van der Waals surface area contributed by atoms with Crippen molar-refractivity contribution in [1.82, 2.24) is 15.0 Å². The summed E-state index contributed by atoms with van der Waals surface area (Å²) < 4.78 is 0. The Kier molecular flexibility index (Phi) is 3.53. The predicted molar refractivity (Wildman–Crippen MR) is 79.6 cm³/mol. The number of aromatic carboxylic acids is 1. The summed E-state index contributed by atoms with van der Waals surface area (Å²) in [4.78, 5) is 24.0. The molecule has 0 radical (unpaired) electrons. The van der Waals surface area contributed by atoms with E-state index in [1.165, 1.54) is 18.1 Å². The van der Waals surface area contributed by atoms with Crippen molar-refractivity contribution in [2.24, 2.45) is 0 Å². The van der Waals surface area contributed by atoms with Gasteiger partial charge in [-0.05, 0) is 36.4 Å². The number of aryl methyl sites for hydroxylation is 1. The van der Waals surface area contributed by atoms with Crippen molar-refractivity contribution in [3.8, 4) is 0 Å². The Morgan fingerprint density at radius 1 is 1.10 bits per heavy atom. The number of carbonyl (C=O) groups is 1. The smallest absolute Gasteiger partial charge is 0.338 e. The first-order valence-electron chi connectivity index (χ1n) is 6.23. The molecular formula is C15H11N3O2S. The van der Waals surface area contributed by atoms with Crippen molar-refractivity contribution < 1.29 is 9.90 Å². The van der Waals surface area contributed by atoms with Crippen LogP contribution in [0.3, 0.4) is 0 Å². The fraction of sp³-hybridized carbons (Fsp3) is 0.0667. The van der Waals surface area contributed by atoms with E-state index in [0.717, 1.165) is 10.9 Å². The number of carboxylic acid groups (broad SMARTS) is 1. The summed E-state index contributed by atoms with van der Waals surface area (Å²) in [6.07, 6.45) is 3.08. The van der Waals surface area contributed by atoms with E-state index < -0.39 is 5.97 Å². The maximum absolute atomic E-state index is 11.4. The molecule has 21 heavy (non-hydrogen) atoms. The number of hydrogen-bond acceptors (Lipinski definition) is 5. The summed E-state index contributed by atoms with van der Waals surface area (Å²) in [5, 5.41) is 11.4. The second-order valence-corrected chi connectivity index (χ2v) is 5.39. The van der Waals surface area contributed by atoms with Crippen LogP contribution >= 0.6 is 11.8 Å². The Morgan fingerprint density at radius 2 is 1.90 bits per heavy atom. The van der Waals surface area contributed by atoms with Gasteiger partial charge in [0.25, 0.3) is 0 Å². The second kappa shape index (κ2) is 5.49. The second-order valence-electron chi connectivity index (χ2n) is 4.41. The van der Waals surface area contributed by atoms with Gasteiger partial charge in [-0.1, -0.05) is 18.2 Å². The quantitative estimate of drug-likeness (QED) is 0.748. The molecule has 0 unspecified atom stereocenters. The maximum atomic E-state index is 11.4. The number of nitrogens with zero attached hydrogens (tertiary/aromatic N) is 3. The van der Waals surface area contributed by atoms with Gasteiger partial charge in [-0.25, -0.2) is 19.7 Å². The topological polar surface area (TPSA) is 76.0 Å². The van der Waals surface area contributed by atoms with Crippen LogP contribution in [0.15, 0.2) is 52.9 Å². The first-order chi connectivity index (χ1) is 10.2. The van der Waals surface area contributed by atoms with Crippen LogP contribution in [-0.2, 0) is 0 Å². The van der Waals surface area contributed by atoms with Gasteiger partial charge in [0, 0.05) is 11.6 Å². The average Bonchev–Trinajstić information content (AvgIpc) is 2.47. The zero-order valence-corrected chi connectivity index (χ0v) is 12.0. The molecule has 0 spiro atoms. The lowest BCUT2D eigenvalue weighted by Gasteiger charge is -2.08. The Balaban J connectivity index is 2.12. The van der Waals surface area contributed by atoms with Crippen LogP contribution in [0.5, 0.6) is 0 Å². The van der Waals surface area contributed by atoms with E-state index in [0.29, 0.717) is 15.6 Å². The third-order valence-corrected chi connectivity index (χ3v) is 4.06. The van der Waals surface area contributed by atoms with Crippen molar-refractivity contribution in [2.75, 3.05) is 0 Å². The number of aromatic nitrogens is 3. The van der Waals surface area contributed by atoms with E-state index in [4.69, 9.17) is 0 Å². The molecule has 2 aromatic heterocycles. The minimum Gasteiger partial charge on any atom is -0.478 e. The molecule has 0 fully saturated rings. The van der Waals surface area contributed by atoms with Crippen molar-refractivity contribution in [1.29, 1.82) is 0 Å². The van der Waals surface area contributed by atoms with Crippen molar-refractivity contribution in [3.63, 3.8) is 0 Å². The average molecular weight is 297 g/mol. The lowest BCUT2D eigenvalue weighted by atomic mass is 10.2. The molecule has 0 saturated heterocycles. The molecule has 2 heterocycles. The summed E-state index contributed by atoms with van der Waals surface area (Å²) >= 11 is 1.24. The molecule has 0 bridgehead atoms. The number of carboxylic acids is 1. The number of fused-ring (bicyclic) bond motifs is 1. The molecule has 5 nitrogen and oxygen atoms in total. The van der Waals surface area contributed by atoms with Crippen molar-refractivity contribution >= 4 is 28.6 Å². The first kappa shape index (κ1) is 13.5. The van der Waals surface area contributed by atoms with Gasteiger partial charge in [0.1, 0.15) is 16.4 Å². The SMILES string of the molecule is Cc1ccnc(Sc2ncnc3ccccc23)c1C(=O)O. The monoisotopic (exact) mass is 297 g/mol. The Bertz CT molecular complexity index is 831. The summed E-state index contributed by atoms with van der Waals surface area (Å²) in [7, 11) is 0. The fourth-order valence-corrected chi connectivity index (χ4v) is 3.05. The van der Waals surface area contributed by atoms with E-state index in [1.807, 2.05) is 24.3 Å². The van der Waals surface area contributed by atoms with Crippen molar-refractivity contribution in [2.45, 2.75) is 17.0 Å².